The first-order valence-electron chi connectivity index (χ1n) is 8.71. The van der Waals surface area contributed by atoms with Crippen molar-refractivity contribution in [3.8, 4) is 0 Å². The molecule has 0 radical (unpaired) electrons. The zero-order valence-electron chi connectivity index (χ0n) is 15.1. The number of rotatable bonds is 7. The topological polar surface area (TPSA) is 110 Å². The molecule has 146 valence electrons. The second-order valence-electron chi connectivity index (χ2n) is 6.57. The molecule has 3 rings (SSSR count). The van der Waals surface area contributed by atoms with Crippen LogP contribution in [-0.4, -0.2) is 43.8 Å². The maximum atomic E-state index is 12.5. The van der Waals surface area contributed by atoms with E-state index in [-0.39, 0.29) is 29.0 Å². The summed E-state index contributed by atoms with van der Waals surface area (Å²) in [6, 6.07) is 5.89. The number of benzene rings is 1. The standard InChI is InChI=1S/C17H22N4O4S2/c1-11(2)16-20-21-17(26-16)19-15(22)12-5-3-7-14(9-12)27(23,24)18-10-13-6-4-8-25-13/h3,5,7,9,11,13,18H,4,6,8,10H2,1-2H3,(H,19,21,22). The van der Waals surface area contributed by atoms with E-state index in [4.69, 9.17) is 4.74 Å². The average Bonchev–Trinajstić information content (AvgIpc) is 3.32. The fraction of sp³-hybridized carbons (Fsp3) is 0.471. The van der Waals surface area contributed by atoms with Crippen LogP contribution in [0, 0.1) is 0 Å². The van der Waals surface area contributed by atoms with E-state index < -0.39 is 15.9 Å². The van der Waals surface area contributed by atoms with E-state index in [1.54, 1.807) is 6.07 Å². The summed E-state index contributed by atoms with van der Waals surface area (Å²) in [4.78, 5) is 12.5. The maximum Gasteiger partial charge on any atom is 0.257 e. The van der Waals surface area contributed by atoms with E-state index in [1.165, 1.54) is 29.5 Å². The second-order valence-corrected chi connectivity index (χ2v) is 9.35. The average molecular weight is 411 g/mol. The molecular weight excluding hydrogens is 388 g/mol. The summed E-state index contributed by atoms with van der Waals surface area (Å²) >= 11 is 1.30. The van der Waals surface area contributed by atoms with Crippen molar-refractivity contribution >= 4 is 32.4 Å². The monoisotopic (exact) mass is 410 g/mol. The molecule has 0 bridgehead atoms. The minimum atomic E-state index is -3.72. The second kappa shape index (κ2) is 8.42. The Balaban J connectivity index is 1.68. The zero-order valence-corrected chi connectivity index (χ0v) is 16.8. The van der Waals surface area contributed by atoms with E-state index >= 15 is 0 Å². The summed E-state index contributed by atoms with van der Waals surface area (Å²) in [6.07, 6.45) is 1.68. The molecule has 0 aliphatic carbocycles. The van der Waals surface area contributed by atoms with Gasteiger partial charge in [0.25, 0.3) is 5.91 Å². The van der Waals surface area contributed by atoms with Crippen LogP contribution in [0.4, 0.5) is 5.13 Å². The van der Waals surface area contributed by atoms with E-state index in [9.17, 15) is 13.2 Å². The van der Waals surface area contributed by atoms with Crippen LogP contribution in [0.5, 0.6) is 0 Å². The highest BCUT2D eigenvalue weighted by Crippen LogP contribution is 2.23. The van der Waals surface area contributed by atoms with Crippen LogP contribution in [0.25, 0.3) is 0 Å². The Hall–Kier alpha value is -1.88. The highest BCUT2D eigenvalue weighted by molar-refractivity contribution is 7.89. The van der Waals surface area contributed by atoms with Crippen molar-refractivity contribution in [2.75, 3.05) is 18.5 Å². The molecule has 27 heavy (non-hydrogen) atoms. The van der Waals surface area contributed by atoms with Crippen LogP contribution in [-0.2, 0) is 14.8 Å². The predicted octanol–water partition coefficient (Wildman–Crippen LogP) is 2.37. The molecule has 0 spiro atoms. The number of sulfonamides is 1. The van der Waals surface area contributed by atoms with Crippen molar-refractivity contribution in [2.45, 2.75) is 43.6 Å². The molecule has 10 heteroatoms. The van der Waals surface area contributed by atoms with Gasteiger partial charge in [0, 0.05) is 24.6 Å². The lowest BCUT2D eigenvalue weighted by Gasteiger charge is -2.12. The lowest BCUT2D eigenvalue weighted by molar-refractivity contribution is 0.102. The number of ether oxygens (including phenoxy) is 1. The van der Waals surface area contributed by atoms with Crippen molar-refractivity contribution in [1.29, 1.82) is 0 Å². The Morgan fingerprint density at radius 1 is 1.37 bits per heavy atom. The number of hydrogen-bond acceptors (Lipinski definition) is 7. The van der Waals surface area contributed by atoms with Gasteiger partial charge in [-0.3, -0.25) is 10.1 Å². The summed E-state index contributed by atoms with van der Waals surface area (Å²) < 4.78 is 32.9. The van der Waals surface area contributed by atoms with Gasteiger partial charge in [0.15, 0.2) is 0 Å². The van der Waals surface area contributed by atoms with Crippen molar-refractivity contribution in [3.05, 3.63) is 34.8 Å². The van der Waals surface area contributed by atoms with Crippen LogP contribution in [0.2, 0.25) is 0 Å². The number of carbonyl (C=O) groups is 1. The molecule has 1 fully saturated rings. The van der Waals surface area contributed by atoms with Crippen molar-refractivity contribution in [2.24, 2.45) is 0 Å². The van der Waals surface area contributed by atoms with E-state index in [0.717, 1.165) is 17.8 Å². The Morgan fingerprint density at radius 3 is 2.85 bits per heavy atom. The molecule has 1 saturated heterocycles. The first-order chi connectivity index (χ1) is 12.8. The number of anilines is 1. The van der Waals surface area contributed by atoms with Gasteiger partial charge in [-0.1, -0.05) is 31.3 Å². The van der Waals surface area contributed by atoms with E-state index in [0.29, 0.717) is 11.7 Å². The van der Waals surface area contributed by atoms with Gasteiger partial charge in [-0.25, -0.2) is 13.1 Å². The van der Waals surface area contributed by atoms with Crippen LogP contribution in [0.3, 0.4) is 0 Å². The third kappa shape index (κ3) is 5.10. The molecule has 1 aromatic heterocycles. The zero-order chi connectivity index (χ0) is 19.4. The van der Waals surface area contributed by atoms with Gasteiger partial charge >= 0.3 is 0 Å². The number of nitrogens with zero attached hydrogens (tertiary/aromatic N) is 2. The van der Waals surface area contributed by atoms with Crippen LogP contribution in [0.15, 0.2) is 29.2 Å². The molecule has 1 aliphatic heterocycles. The highest BCUT2D eigenvalue weighted by atomic mass is 32.2. The summed E-state index contributed by atoms with van der Waals surface area (Å²) in [7, 11) is -3.72. The quantitative estimate of drug-likeness (QED) is 0.725. The van der Waals surface area contributed by atoms with Crippen LogP contribution < -0.4 is 10.0 Å². The van der Waals surface area contributed by atoms with E-state index in [1.807, 2.05) is 13.8 Å². The Bertz CT molecular complexity index is 905. The molecule has 1 aromatic carbocycles. The number of amides is 1. The lowest BCUT2D eigenvalue weighted by atomic mass is 10.2. The first kappa shape index (κ1) is 19.9. The fourth-order valence-corrected chi connectivity index (χ4v) is 4.44. The molecule has 2 aromatic rings. The van der Waals surface area contributed by atoms with Gasteiger partial charge < -0.3 is 4.74 Å². The van der Waals surface area contributed by atoms with Crippen molar-refractivity contribution in [1.82, 2.24) is 14.9 Å². The van der Waals surface area contributed by atoms with Crippen LogP contribution in [0.1, 0.15) is 48.0 Å². The molecule has 2 heterocycles. The molecule has 1 aliphatic rings. The number of hydrogen-bond donors (Lipinski definition) is 2. The fourth-order valence-electron chi connectivity index (χ4n) is 2.58. The third-order valence-electron chi connectivity index (χ3n) is 4.09. The van der Waals surface area contributed by atoms with Crippen molar-refractivity contribution < 1.29 is 17.9 Å². The van der Waals surface area contributed by atoms with Gasteiger partial charge in [-0.2, -0.15) is 0 Å². The first-order valence-corrected chi connectivity index (χ1v) is 11.0. The maximum absolute atomic E-state index is 12.5. The van der Waals surface area contributed by atoms with Crippen LogP contribution >= 0.6 is 11.3 Å². The normalized spacial score (nSPS) is 17.4. The minimum Gasteiger partial charge on any atom is -0.377 e. The molecule has 1 amide bonds. The Morgan fingerprint density at radius 2 is 2.19 bits per heavy atom. The minimum absolute atomic E-state index is 0.0354. The van der Waals surface area contributed by atoms with Gasteiger partial charge in [-0.15, -0.1) is 10.2 Å². The Kier molecular flexibility index (Phi) is 6.20. The van der Waals surface area contributed by atoms with Crippen molar-refractivity contribution in [3.63, 3.8) is 0 Å². The molecule has 1 atom stereocenters. The summed E-state index contributed by atoms with van der Waals surface area (Å²) in [5.41, 5.74) is 0.233. The highest BCUT2D eigenvalue weighted by Gasteiger charge is 2.21. The molecule has 1 unspecified atom stereocenters. The van der Waals surface area contributed by atoms with Gasteiger partial charge in [0.2, 0.25) is 15.2 Å². The summed E-state index contributed by atoms with van der Waals surface area (Å²) in [6.45, 7) is 4.86. The lowest BCUT2D eigenvalue weighted by Crippen LogP contribution is -2.32. The number of aromatic nitrogens is 2. The smallest absolute Gasteiger partial charge is 0.257 e. The number of nitrogens with one attached hydrogen (secondary N) is 2. The molecule has 0 saturated carbocycles. The van der Waals surface area contributed by atoms with Gasteiger partial charge in [-0.05, 0) is 31.0 Å². The molecular formula is C17H22N4O4S2. The predicted molar refractivity (Wildman–Crippen MR) is 103 cm³/mol. The number of carbonyl (C=O) groups excluding carboxylic acids is 1. The Labute approximate surface area is 162 Å². The van der Waals surface area contributed by atoms with Gasteiger partial charge in [0.1, 0.15) is 5.01 Å². The summed E-state index contributed by atoms with van der Waals surface area (Å²) in [5, 5.41) is 11.8. The molecule has 2 N–H and O–H groups in total. The third-order valence-corrected chi connectivity index (χ3v) is 6.65. The molecule has 8 nitrogen and oxygen atoms in total. The van der Waals surface area contributed by atoms with Gasteiger partial charge in [0.05, 0.1) is 11.0 Å². The SMILES string of the molecule is CC(C)c1nnc(NC(=O)c2cccc(S(=O)(=O)NCC3CCCO3)c2)s1. The largest absolute Gasteiger partial charge is 0.377 e. The summed E-state index contributed by atoms with van der Waals surface area (Å²) in [5.74, 6) is -0.214. The van der Waals surface area contributed by atoms with E-state index in [2.05, 4.69) is 20.2 Å².